The number of halogens is 1. The quantitative estimate of drug-likeness (QED) is 0.801. The standard InChI is InChI=1S/C15H12FN3S/c16-12-3-1-11(2-4-12)15-14(19-13(9-17)20-15)10-5-7-18-8-6-10/h1-8H,9,17H2. The number of aromatic nitrogens is 2. The van der Waals surface area contributed by atoms with Crippen LogP contribution in [-0.2, 0) is 6.54 Å². The molecule has 0 aliphatic rings. The molecule has 0 radical (unpaired) electrons. The zero-order chi connectivity index (χ0) is 13.9. The molecule has 0 amide bonds. The van der Waals surface area contributed by atoms with Crippen LogP contribution in [0.4, 0.5) is 4.39 Å². The Labute approximate surface area is 119 Å². The summed E-state index contributed by atoms with van der Waals surface area (Å²) in [4.78, 5) is 9.58. The van der Waals surface area contributed by atoms with Crippen LogP contribution in [0.2, 0.25) is 0 Å². The molecule has 3 rings (SSSR count). The predicted octanol–water partition coefficient (Wildman–Crippen LogP) is 3.47. The van der Waals surface area contributed by atoms with Gasteiger partial charge in [0.2, 0.25) is 0 Å². The lowest BCUT2D eigenvalue weighted by Gasteiger charge is -2.02. The highest BCUT2D eigenvalue weighted by atomic mass is 32.1. The number of nitrogens with zero attached hydrogens (tertiary/aromatic N) is 2. The summed E-state index contributed by atoms with van der Waals surface area (Å²) in [5.74, 6) is -0.247. The van der Waals surface area contributed by atoms with Gasteiger partial charge in [0.05, 0.1) is 10.6 Å². The summed E-state index contributed by atoms with van der Waals surface area (Å²) in [6.45, 7) is 0.393. The summed E-state index contributed by atoms with van der Waals surface area (Å²) in [5.41, 5.74) is 8.48. The topological polar surface area (TPSA) is 51.8 Å². The van der Waals surface area contributed by atoms with Gasteiger partial charge >= 0.3 is 0 Å². The van der Waals surface area contributed by atoms with Crippen molar-refractivity contribution >= 4 is 11.3 Å². The Morgan fingerprint density at radius 2 is 1.70 bits per heavy atom. The van der Waals surface area contributed by atoms with Crippen LogP contribution >= 0.6 is 11.3 Å². The molecule has 0 aliphatic heterocycles. The summed E-state index contributed by atoms with van der Waals surface area (Å²) in [5, 5.41) is 0.858. The van der Waals surface area contributed by atoms with Crippen LogP contribution in [-0.4, -0.2) is 9.97 Å². The molecule has 5 heteroatoms. The van der Waals surface area contributed by atoms with Gasteiger partial charge in [0.15, 0.2) is 0 Å². The van der Waals surface area contributed by atoms with Crippen molar-refractivity contribution in [1.29, 1.82) is 0 Å². The molecule has 2 N–H and O–H groups in total. The number of hydrogen-bond donors (Lipinski definition) is 1. The fraction of sp³-hybridized carbons (Fsp3) is 0.0667. The Morgan fingerprint density at radius 3 is 2.35 bits per heavy atom. The van der Waals surface area contributed by atoms with Crippen molar-refractivity contribution in [3.63, 3.8) is 0 Å². The maximum Gasteiger partial charge on any atom is 0.123 e. The highest BCUT2D eigenvalue weighted by Gasteiger charge is 2.14. The molecule has 3 nitrogen and oxygen atoms in total. The fourth-order valence-corrected chi connectivity index (χ4v) is 2.92. The van der Waals surface area contributed by atoms with Gasteiger partial charge < -0.3 is 5.73 Å². The van der Waals surface area contributed by atoms with E-state index in [9.17, 15) is 4.39 Å². The maximum atomic E-state index is 13.1. The van der Waals surface area contributed by atoms with Crippen molar-refractivity contribution in [2.45, 2.75) is 6.54 Å². The number of hydrogen-bond acceptors (Lipinski definition) is 4. The van der Waals surface area contributed by atoms with Crippen LogP contribution in [0.25, 0.3) is 21.7 Å². The SMILES string of the molecule is NCc1nc(-c2ccncc2)c(-c2ccc(F)cc2)s1. The monoisotopic (exact) mass is 285 g/mol. The van der Waals surface area contributed by atoms with E-state index in [1.807, 2.05) is 12.1 Å². The molecule has 100 valence electrons. The zero-order valence-corrected chi connectivity index (χ0v) is 11.4. The Morgan fingerprint density at radius 1 is 1.00 bits per heavy atom. The van der Waals surface area contributed by atoms with Crippen molar-refractivity contribution < 1.29 is 4.39 Å². The van der Waals surface area contributed by atoms with Crippen molar-refractivity contribution in [2.75, 3.05) is 0 Å². The molecule has 0 atom stereocenters. The molecule has 20 heavy (non-hydrogen) atoms. The predicted molar refractivity (Wildman–Crippen MR) is 78.6 cm³/mol. The lowest BCUT2D eigenvalue weighted by Crippen LogP contribution is -1.94. The molecule has 0 aliphatic carbocycles. The zero-order valence-electron chi connectivity index (χ0n) is 10.6. The molecule has 0 fully saturated rings. The second-order valence-electron chi connectivity index (χ2n) is 4.23. The minimum Gasteiger partial charge on any atom is -0.325 e. The molecule has 0 bridgehead atoms. The smallest absolute Gasteiger partial charge is 0.123 e. The molecule has 2 aromatic heterocycles. The van der Waals surface area contributed by atoms with Gasteiger partial charge in [0, 0.05) is 24.5 Å². The number of thiazole rings is 1. The molecular weight excluding hydrogens is 273 g/mol. The van der Waals surface area contributed by atoms with Crippen molar-refractivity contribution in [3.8, 4) is 21.7 Å². The average molecular weight is 285 g/mol. The Bertz CT molecular complexity index is 708. The Balaban J connectivity index is 2.15. The highest BCUT2D eigenvalue weighted by Crippen LogP contribution is 2.36. The molecule has 2 heterocycles. The first-order chi connectivity index (χ1) is 9.78. The van der Waals surface area contributed by atoms with Crippen molar-refractivity contribution in [3.05, 3.63) is 59.6 Å². The lowest BCUT2D eigenvalue weighted by atomic mass is 10.1. The maximum absolute atomic E-state index is 13.1. The van der Waals surface area contributed by atoms with Crippen LogP contribution in [0.15, 0.2) is 48.8 Å². The fourth-order valence-electron chi connectivity index (χ4n) is 1.95. The normalized spacial score (nSPS) is 10.7. The molecular formula is C15H12FN3S. The average Bonchev–Trinajstić information content (AvgIpc) is 2.93. The third-order valence-electron chi connectivity index (χ3n) is 2.91. The summed E-state index contributed by atoms with van der Waals surface area (Å²) < 4.78 is 13.1. The van der Waals surface area contributed by atoms with Gasteiger partial charge in [0.25, 0.3) is 0 Å². The second kappa shape index (κ2) is 5.48. The molecule has 0 saturated heterocycles. The van der Waals surface area contributed by atoms with E-state index in [4.69, 9.17) is 5.73 Å². The van der Waals surface area contributed by atoms with Gasteiger partial charge in [-0.1, -0.05) is 12.1 Å². The van der Waals surface area contributed by atoms with E-state index in [0.717, 1.165) is 26.7 Å². The van der Waals surface area contributed by atoms with Gasteiger partial charge in [0.1, 0.15) is 10.8 Å². The van der Waals surface area contributed by atoms with Gasteiger partial charge in [-0.3, -0.25) is 4.98 Å². The number of rotatable bonds is 3. The van der Waals surface area contributed by atoms with Gasteiger partial charge in [-0.15, -0.1) is 11.3 Å². The van der Waals surface area contributed by atoms with Crippen LogP contribution in [0, 0.1) is 5.82 Å². The van der Waals surface area contributed by atoms with Gasteiger partial charge in [-0.05, 0) is 29.8 Å². The van der Waals surface area contributed by atoms with Gasteiger partial charge in [-0.2, -0.15) is 0 Å². The molecule has 1 aromatic carbocycles. The summed E-state index contributed by atoms with van der Waals surface area (Å²) >= 11 is 1.53. The second-order valence-corrected chi connectivity index (χ2v) is 5.32. The van der Waals surface area contributed by atoms with Gasteiger partial charge in [-0.25, -0.2) is 9.37 Å². The first kappa shape index (κ1) is 12.9. The lowest BCUT2D eigenvalue weighted by molar-refractivity contribution is 0.628. The van der Waals surface area contributed by atoms with E-state index in [-0.39, 0.29) is 5.82 Å². The molecule has 0 saturated carbocycles. The minimum atomic E-state index is -0.247. The van der Waals surface area contributed by atoms with E-state index in [1.54, 1.807) is 24.5 Å². The van der Waals surface area contributed by atoms with E-state index < -0.39 is 0 Å². The van der Waals surface area contributed by atoms with E-state index in [2.05, 4.69) is 9.97 Å². The summed E-state index contributed by atoms with van der Waals surface area (Å²) in [6, 6.07) is 10.2. The van der Waals surface area contributed by atoms with Crippen LogP contribution < -0.4 is 5.73 Å². The first-order valence-electron chi connectivity index (χ1n) is 6.14. The number of benzene rings is 1. The van der Waals surface area contributed by atoms with Crippen molar-refractivity contribution in [2.24, 2.45) is 5.73 Å². The van der Waals surface area contributed by atoms with E-state index >= 15 is 0 Å². The van der Waals surface area contributed by atoms with E-state index in [0.29, 0.717) is 6.54 Å². The summed E-state index contributed by atoms with van der Waals surface area (Å²) in [6.07, 6.45) is 3.45. The van der Waals surface area contributed by atoms with Crippen LogP contribution in [0.5, 0.6) is 0 Å². The largest absolute Gasteiger partial charge is 0.325 e. The van der Waals surface area contributed by atoms with E-state index in [1.165, 1.54) is 23.5 Å². The highest BCUT2D eigenvalue weighted by molar-refractivity contribution is 7.15. The molecule has 0 unspecified atom stereocenters. The minimum absolute atomic E-state index is 0.247. The third-order valence-corrected chi connectivity index (χ3v) is 4.03. The van der Waals surface area contributed by atoms with Crippen LogP contribution in [0.1, 0.15) is 5.01 Å². The Kier molecular flexibility index (Phi) is 3.54. The van der Waals surface area contributed by atoms with Crippen molar-refractivity contribution in [1.82, 2.24) is 9.97 Å². The first-order valence-corrected chi connectivity index (χ1v) is 6.95. The summed E-state index contributed by atoms with van der Waals surface area (Å²) in [7, 11) is 0. The molecule has 3 aromatic rings. The Hall–Kier alpha value is -2.11. The molecule has 0 spiro atoms. The number of nitrogens with two attached hydrogens (primary N) is 1. The van der Waals surface area contributed by atoms with Crippen LogP contribution in [0.3, 0.4) is 0 Å². The third kappa shape index (κ3) is 2.45. The number of pyridine rings is 1.